The maximum absolute atomic E-state index is 11.8. The van der Waals surface area contributed by atoms with E-state index in [1.54, 1.807) is 13.8 Å². The van der Waals surface area contributed by atoms with E-state index in [-0.39, 0.29) is 11.4 Å². The third-order valence-electron chi connectivity index (χ3n) is 3.54. The fourth-order valence-electron chi connectivity index (χ4n) is 1.28. The van der Waals surface area contributed by atoms with Crippen LogP contribution in [0.3, 0.4) is 0 Å². The van der Waals surface area contributed by atoms with Crippen molar-refractivity contribution in [1.82, 2.24) is 5.32 Å². The smallest absolute Gasteiger partial charge is 0.307 e. The van der Waals surface area contributed by atoms with E-state index in [9.17, 15) is 9.59 Å². The number of amides is 1. The molecule has 16 heavy (non-hydrogen) atoms. The zero-order valence-electron chi connectivity index (χ0n) is 10.8. The maximum Gasteiger partial charge on any atom is 0.307 e. The van der Waals surface area contributed by atoms with E-state index in [2.05, 4.69) is 5.32 Å². The molecule has 0 aliphatic rings. The Morgan fingerprint density at radius 1 is 1.19 bits per heavy atom. The molecular weight excluding hydrogens is 206 g/mol. The van der Waals surface area contributed by atoms with Crippen LogP contribution in [-0.4, -0.2) is 22.5 Å². The molecule has 0 aliphatic carbocycles. The van der Waals surface area contributed by atoms with Gasteiger partial charge >= 0.3 is 5.97 Å². The zero-order valence-corrected chi connectivity index (χ0v) is 10.8. The molecule has 0 spiro atoms. The molecule has 0 aliphatic heterocycles. The third kappa shape index (κ3) is 3.83. The molecule has 2 N–H and O–H groups in total. The van der Waals surface area contributed by atoms with Crippen molar-refractivity contribution in [3.8, 4) is 0 Å². The maximum atomic E-state index is 11.8. The van der Waals surface area contributed by atoms with Crippen LogP contribution >= 0.6 is 0 Å². The van der Waals surface area contributed by atoms with Gasteiger partial charge in [0.05, 0.1) is 5.92 Å². The Balaban J connectivity index is 4.52. The first-order chi connectivity index (χ1) is 7.27. The van der Waals surface area contributed by atoms with Crippen LogP contribution in [0.1, 0.15) is 47.5 Å². The first-order valence-electron chi connectivity index (χ1n) is 5.82. The first kappa shape index (κ1) is 14.9. The van der Waals surface area contributed by atoms with Crippen LogP contribution in [0.2, 0.25) is 0 Å². The van der Waals surface area contributed by atoms with E-state index in [0.717, 1.165) is 12.8 Å². The molecule has 0 radical (unpaired) electrons. The van der Waals surface area contributed by atoms with Crippen LogP contribution in [0.15, 0.2) is 0 Å². The molecule has 0 aromatic heterocycles. The van der Waals surface area contributed by atoms with Gasteiger partial charge in [0.2, 0.25) is 5.91 Å². The van der Waals surface area contributed by atoms with Crippen LogP contribution in [0.4, 0.5) is 0 Å². The summed E-state index contributed by atoms with van der Waals surface area (Å²) < 4.78 is 0. The molecule has 2 unspecified atom stereocenters. The Morgan fingerprint density at radius 3 is 1.94 bits per heavy atom. The van der Waals surface area contributed by atoms with Crippen molar-refractivity contribution >= 4 is 11.9 Å². The molecule has 0 rings (SSSR count). The van der Waals surface area contributed by atoms with Gasteiger partial charge in [-0.2, -0.15) is 0 Å². The highest BCUT2D eigenvalue weighted by Crippen LogP contribution is 2.17. The molecule has 0 bridgehead atoms. The van der Waals surface area contributed by atoms with Crippen molar-refractivity contribution in [3.05, 3.63) is 0 Å². The van der Waals surface area contributed by atoms with Gasteiger partial charge in [0.15, 0.2) is 0 Å². The molecule has 0 saturated carbocycles. The van der Waals surface area contributed by atoms with Gasteiger partial charge in [-0.1, -0.05) is 27.7 Å². The van der Waals surface area contributed by atoms with Crippen LogP contribution in [0, 0.1) is 11.8 Å². The van der Waals surface area contributed by atoms with Crippen LogP contribution < -0.4 is 5.32 Å². The molecule has 2 atom stereocenters. The lowest BCUT2D eigenvalue weighted by atomic mass is 9.91. The van der Waals surface area contributed by atoms with Gasteiger partial charge in [-0.15, -0.1) is 0 Å². The number of aliphatic carboxylic acids is 1. The van der Waals surface area contributed by atoms with E-state index in [1.165, 1.54) is 0 Å². The molecule has 0 aromatic rings. The summed E-state index contributed by atoms with van der Waals surface area (Å²) in [5.74, 6) is -2.27. The number of nitrogens with one attached hydrogen (secondary N) is 1. The molecule has 94 valence electrons. The molecule has 1 amide bonds. The van der Waals surface area contributed by atoms with Gasteiger partial charge in [-0.25, -0.2) is 0 Å². The minimum Gasteiger partial charge on any atom is -0.481 e. The van der Waals surface area contributed by atoms with Gasteiger partial charge in [-0.05, 0) is 19.8 Å². The lowest BCUT2D eigenvalue weighted by Gasteiger charge is -2.30. The Hall–Kier alpha value is -1.06. The van der Waals surface area contributed by atoms with Crippen molar-refractivity contribution in [2.45, 2.75) is 53.0 Å². The van der Waals surface area contributed by atoms with E-state index in [4.69, 9.17) is 5.11 Å². The summed E-state index contributed by atoms with van der Waals surface area (Å²) in [7, 11) is 0. The highest BCUT2D eigenvalue weighted by Gasteiger charge is 2.30. The number of carbonyl (C=O) groups excluding carboxylic acids is 1. The highest BCUT2D eigenvalue weighted by molar-refractivity contribution is 5.84. The van der Waals surface area contributed by atoms with E-state index >= 15 is 0 Å². The summed E-state index contributed by atoms with van der Waals surface area (Å²) in [6.07, 6.45) is 1.67. The second-order valence-electron chi connectivity index (χ2n) is 4.67. The summed E-state index contributed by atoms with van der Waals surface area (Å²) in [5.41, 5.74) is -0.233. The van der Waals surface area contributed by atoms with Gasteiger partial charge in [0.25, 0.3) is 0 Å². The number of carboxylic acid groups (broad SMARTS) is 1. The molecule has 4 nitrogen and oxygen atoms in total. The summed E-state index contributed by atoms with van der Waals surface area (Å²) in [4.78, 5) is 22.6. The molecule has 0 heterocycles. The van der Waals surface area contributed by atoms with Crippen molar-refractivity contribution in [3.63, 3.8) is 0 Å². The highest BCUT2D eigenvalue weighted by atomic mass is 16.4. The van der Waals surface area contributed by atoms with Gasteiger partial charge in [0, 0.05) is 11.5 Å². The SMILES string of the molecule is CCC(C)(CC)NC(=O)C(C)C(C)C(=O)O. The van der Waals surface area contributed by atoms with Gasteiger partial charge < -0.3 is 10.4 Å². The predicted molar refractivity (Wildman–Crippen MR) is 63.1 cm³/mol. The van der Waals surface area contributed by atoms with Crippen LogP contribution in [-0.2, 0) is 9.59 Å². The topological polar surface area (TPSA) is 66.4 Å². The fourth-order valence-corrected chi connectivity index (χ4v) is 1.28. The number of hydrogen-bond donors (Lipinski definition) is 2. The lowest BCUT2D eigenvalue weighted by Crippen LogP contribution is -2.48. The molecule has 0 fully saturated rings. The second-order valence-corrected chi connectivity index (χ2v) is 4.67. The minimum absolute atomic E-state index is 0.180. The third-order valence-corrected chi connectivity index (χ3v) is 3.54. The lowest BCUT2D eigenvalue weighted by molar-refractivity contribution is -0.146. The normalized spacial score (nSPS) is 15.3. The average Bonchev–Trinajstić information content (AvgIpc) is 2.26. The Morgan fingerprint density at radius 2 is 1.62 bits per heavy atom. The minimum atomic E-state index is -0.933. The van der Waals surface area contributed by atoms with Crippen molar-refractivity contribution in [1.29, 1.82) is 0 Å². The summed E-state index contributed by atoms with van der Waals surface area (Å²) >= 11 is 0. The summed E-state index contributed by atoms with van der Waals surface area (Å²) in [6, 6.07) is 0. The largest absolute Gasteiger partial charge is 0.481 e. The van der Waals surface area contributed by atoms with Gasteiger partial charge in [-0.3, -0.25) is 9.59 Å². The van der Waals surface area contributed by atoms with E-state index < -0.39 is 17.8 Å². The number of carbonyl (C=O) groups is 2. The monoisotopic (exact) mass is 229 g/mol. The Labute approximate surface area is 97.4 Å². The number of rotatable bonds is 6. The van der Waals surface area contributed by atoms with Gasteiger partial charge in [0.1, 0.15) is 0 Å². The molecule has 0 aromatic carbocycles. The predicted octanol–water partition coefficient (Wildman–Crippen LogP) is 2.04. The van der Waals surface area contributed by atoms with E-state index in [0.29, 0.717) is 0 Å². The van der Waals surface area contributed by atoms with Crippen molar-refractivity contribution < 1.29 is 14.7 Å². The average molecular weight is 229 g/mol. The summed E-state index contributed by atoms with van der Waals surface area (Å²) in [5, 5.41) is 11.8. The standard InChI is InChI=1S/C12H23NO3/c1-6-12(5,7-2)13-10(14)8(3)9(4)11(15)16/h8-9H,6-7H2,1-5H3,(H,13,14)(H,15,16). The second kappa shape index (κ2) is 5.87. The molecule has 0 saturated heterocycles. The Bertz CT molecular complexity index is 259. The van der Waals surface area contributed by atoms with Crippen LogP contribution in [0.25, 0.3) is 0 Å². The van der Waals surface area contributed by atoms with E-state index in [1.807, 2.05) is 20.8 Å². The number of hydrogen-bond acceptors (Lipinski definition) is 2. The Kier molecular flexibility index (Phi) is 5.48. The fraction of sp³-hybridized carbons (Fsp3) is 0.833. The van der Waals surface area contributed by atoms with Crippen molar-refractivity contribution in [2.75, 3.05) is 0 Å². The molecular formula is C12H23NO3. The zero-order chi connectivity index (χ0) is 12.9. The summed E-state index contributed by atoms with van der Waals surface area (Å²) in [6.45, 7) is 9.20. The first-order valence-corrected chi connectivity index (χ1v) is 5.82. The number of carboxylic acids is 1. The quantitative estimate of drug-likeness (QED) is 0.732. The van der Waals surface area contributed by atoms with Crippen LogP contribution in [0.5, 0.6) is 0 Å². The van der Waals surface area contributed by atoms with Crippen molar-refractivity contribution in [2.24, 2.45) is 11.8 Å². The molecule has 4 heteroatoms.